The van der Waals surface area contributed by atoms with Crippen molar-refractivity contribution in [1.82, 2.24) is 9.88 Å². The fraction of sp³-hybridized carbons (Fsp3) is 0.333. The second kappa shape index (κ2) is 7.72. The first-order valence-electron chi connectivity index (χ1n) is 8.02. The van der Waals surface area contributed by atoms with Crippen LogP contribution in [0.2, 0.25) is 5.02 Å². The van der Waals surface area contributed by atoms with E-state index in [2.05, 4.69) is 10.3 Å². The van der Waals surface area contributed by atoms with Crippen molar-refractivity contribution in [2.75, 3.05) is 38.7 Å². The average molecular weight is 362 g/mol. The van der Waals surface area contributed by atoms with Crippen molar-refractivity contribution in [2.24, 2.45) is 0 Å². The van der Waals surface area contributed by atoms with Crippen LogP contribution in [0, 0.1) is 6.92 Å². The summed E-state index contributed by atoms with van der Waals surface area (Å²) in [6, 6.07) is 7.21. The maximum Gasteiger partial charge on any atom is 0.272 e. The highest BCUT2D eigenvalue weighted by atomic mass is 35.5. The van der Waals surface area contributed by atoms with Gasteiger partial charge in [0.05, 0.1) is 26.0 Å². The minimum absolute atomic E-state index is 0.0915. The molecule has 2 heterocycles. The number of halogens is 1. The molecular formula is C18H20ClN3O3. The molecule has 1 aliphatic heterocycles. The van der Waals surface area contributed by atoms with Crippen LogP contribution >= 0.6 is 11.6 Å². The molecule has 0 aliphatic carbocycles. The number of morpholine rings is 1. The standard InChI is InChI=1S/C18H20ClN3O3/c1-12-9-15(17(24-2)11-14(12)19)21-13-3-4-20-16(10-13)18(23)22-5-7-25-8-6-22/h3-4,9-11H,5-8H2,1-2H3,(H,20,21). The minimum atomic E-state index is -0.0915. The quantitative estimate of drug-likeness (QED) is 0.905. The summed E-state index contributed by atoms with van der Waals surface area (Å²) in [5.74, 6) is 0.541. The van der Waals surface area contributed by atoms with E-state index in [0.717, 1.165) is 16.9 Å². The molecule has 132 valence electrons. The van der Waals surface area contributed by atoms with Gasteiger partial charge in [-0.3, -0.25) is 9.78 Å². The smallest absolute Gasteiger partial charge is 0.272 e. The van der Waals surface area contributed by atoms with Crippen molar-refractivity contribution < 1.29 is 14.3 Å². The van der Waals surface area contributed by atoms with Crippen molar-refractivity contribution in [3.05, 3.63) is 46.7 Å². The molecule has 1 aliphatic rings. The topological polar surface area (TPSA) is 63.7 Å². The highest BCUT2D eigenvalue weighted by Gasteiger charge is 2.20. The summed E-state index contributed by atoms with van der Waals surface area (Å²) in [5, 5.41) is 3.91. The molecule has 0 radical (unpaired) electrons. The first kappa shape index (κ1) is 17.5. The van der Waals surface area contributed by atoms with Crippen LogP contribution in [0.5, 0.6) is 5.75 Å². The number of hydrogen-bond acceptors (Lipinski definition) is 5. The van der Waals surface area contributed by atoms with Gasteiger partial charge in [0.15, 0.2) is 0 Å². The summed E-state index contributed by atoms with van der Waals surface area (Å²) < 4.78 is 10.7. The minimum Gasteiger partial charge on any atom is -0.495 e. The molecule has 25 heavy (non-hydrogen) atoms. The second-order valence-corrected chi connectivity index (χ2v) is 6.17. The number of benzene rings is 1. The molecule has 0 bridgehead atoms. The SMILES string of the molecule is COc1cc(Cl)c(C)cc1Nc1ccnc(C(=O)N2CCOCC2)c1. The number of methoxy groups -OCH3 is 1. The molecule has 1 aromatic carbocycles. The molecule has 1 saturated heterocycles. The predicted molar refractivity (Wildman–Crippen MR) is 97.0 cm³/mol. The Morgan fingerprint density at radius 3 is 2.80 bits per heavy atom. The van der Waals surface area contributed by atoms with Gasteiger partial charge in [-0.2, -0.15) is 0 Å². The molecule has 1 N–H and O–H groups in total. The lowest BCUT2D eigenvalue weighted by Gasteiger charge is -2.26. The van der Waals surface area contributed by atoms with Gasteiger partial charge in [0.25, 0.3) is 5.91 Å². The van der Waals surface area contributed by atoms with Crippen molar-refractivity contribution in [2.45, 2.75) is 6.92 Å². The number of carbonyl (C=O) groups is 1. The van der Waals surface area contributed by atoms with E-state index in [4.69, 9.17) is 21.1 Å². The maximum atomic E-state index is 12.6. The van der Waals surface area contributed by atoms with Crippen LogP contribution in [0.1, 0.15) is 16.1 Å². The zero-order valence-corrected chi connectivity index (χ0v) is 15.0. The zero-order valence-electron chi connectivity index (χ0n) is 14.2. The van der Waals surface area contributed by atoms with Crippen molar-refractivity contribution >= 4 is 28.9 Å². The Kier molecular flexibility index (Phi) is 5.40. The Hall–Kier alpha value is -2.31. The number of nitrogens with one attached hydrogen (secondary N) is 1. The summed E-state index contributed by atoms with van der Waals surface area (Å²) in [6.45, 7) is 4.22. The van der Waals surface area contributed by atoms with Gasteiger partial charge in [0.1, 0.15) is 11.4 Å². The van der Waals surface area contributed by atoms with Crippen LogP contribution in [-0.2, 0) is 4.74 Å². The number of rotatable bonds is 4. The van der Waals surface area contributed by atoms with E-state index in [1.807, 2.05) is 13.0 Å². The van der Waals surface area contributed by atoms with Gasteiger partial charge in [-0.05, 0) is 30.7 Å². The van der Waals surface area contributed by atoms with Crippen LogP contribution in [-0.4, -0.2) is 49.2 Å². The van der Waals surface area contributed by atoms with Gasteiger partial charge in [-0.25, -0.2) is 0 Å². The number of nitrogens with zero attached hydrogens (tertiary/aromatic N) is 2. The number of aromatic nitrogens is 1. The molecule has 7 heteroatoms. The molecule has 6 nitrogen and oxygen atoms in total. The van der Waals surface area contributed by atoms with E-state index in [1.165, 1.54) is 0 Å². The molecular weight excluding hydrogens is 342 g/mol. The third-order valence-electron chi connectivity index (χ3n) is 4.04. The first-order chi connectivity index (χ1) is 12.1. The molecule has 1 fully saturated rings. The molecule has 0 atom stereocenters. The van der Waals surface area contributed by atoms with Crippen molar-refractivity contribution in [3.63, 3.8) is 0 Å². The van der Waals surface area contributed by atoms with E-state index in [9.17, 15) is 4.79 Å². The lowest BCUT2D eigenvalue weighted by molar-refractivity contribution is 0.0299. The van der Waals surface area contributed by atoms with Gasteiger partial charge in [-0.1, -0.05) is 11.6 Å². The van der Waals surface area contributed by atoms with E-state index >= 15 is 0 Å². The molecule has 1 aromatic heterocycles. The van der Waals surface area contributed by atoms with Gasteiger partial charge in [0.2, 0.25) is 0 Å². The number of carbonyl (C=O) groups excluding carboxylic acids is 1. The van der Waals surface area contributed by atoms with Gasteiger partial charge in [-0.15, -0.1) is 0 Å². The van der Waals surface area contributed by atoms with Crippen LogP contribution in [0.15, 0.2) is 30.5 Å². The molecule has 0 spiro atoms. The van der Waals surface area contributed by atoms with Crippen LogP contribution in [0.4, 0.5) is 11.4 Å². The fourth-order valence-corrected chi connectivity index (χ4v) is 2.79. The maximum absolute atomic E-state index is 12.6. The highest BCUT2D eigenvalue weighted by molar-refractivity contribution is 6.31. The molecule has 3 rings (SSSR count). The molecule has 0 saturated carbocycles. The Labute approximate surface area is 151 Å². The number of aryl methyl sites for hydroxylation is 1. The van der Waals surface area contributed by atoms with Crippen molar-refractivity contribution in [3.8, 4) is 5.75 Å². The third kappa shape index (κ3) is 4.03. The molecule has 2 aromatic rings. The van der Waals surface area contributed by atoms with E-state index in [1.54, 1.807) is 36.4 Å². The average Bonchev–Trinajstić information content (AvgIpc) is 2.65. The highest BCUT2D eigenvalue weighted by Crippen LogP contribution is 2.33. The summed E-state index contributed by atoms with van der Waals surface area (Å²) in [5.41, 5.74) is 2.87. The fourth-order valence-electron chi connectivity index (χ4n) is 2.64. The Morgan fingerprint density at radius 1 is 1.32 bits per heavy atom. The number of amides is 1. The Bertz CT molecular complexity index is 776. The third-order valence-corrected chi connectivity index (χ3v) is 4.44. The number of pyridine rings is 1. The number of hydrogen-bond donors (Lipinski definition) is 1. The van der Waals surface area contributed by atoms with Gasteiger partial charge >= 0.3 is 0 Å². The monoisotopic (exact) mass is 361 g/mol. The zero-order chi connectivity index (χ0) is 17.8. The lowest BCUT2D eigenvalue weighted by Crippen LogP contribution is -2.41. The Morgan fingerprint density at radius 2 is 2.08 bits per heavy atom. The van der Waals surface area contributed by atoms with E-state index in [-0.39, 0.29) is 5.91 Å². The van der Waals surface area contributed by atoms with Crippen LogP contribution in [0.3, 0.4) is 0 Å². The predicted octanol–water partition coefficient (Wildman–Crippen LogP) is 3.27. The van der Waals surface area contributed by atoms with Crippen LogP contribution in [0.25, 0.3) is 0 Å². The summed E-state index contributed by atoms with van der Waals surface area (Å²) in [6.07, 6.45) is 1.62. The van der Waals surface area contributed by atoms with Crippen LogP contribution < -0.4 is 10.1 Å². The summed E-state index contributed by atoms with van der Waals surface area (Å²) in [4.78, 5) is 18.5. The molecule has 1 amide bonds. The normalized spacial score (nSPS) is 14.3. The lowest BCUT2D eigenvalue weighted by atomic mass is 10.2. The van der Waals surface area contributed by atoms with Crippen molar-refractivity contribution in [1.29, 1.82) is 0 Å². The molecule has 0 unspecified atom stereocenters. The summed E-state index contributed by atoms with van der Waals surface area (Å²) >= 11 is 6.14. The largest absolute Gasteiger partial charge is 0.495 e. The Balaban J connectivity index is 1.82. The van der Waals surface area contributed by atoms with Gasteiger partial charge in [0, 0.05) is 36.1 Å². The van der Waals surface area contributed by atoms with E-state index < -0.39 is 0 Å². The second-order valence-electron chi connectivity index (χ2n) is 5.76. The van der Waals surface area contributed by atoms with E-state index in [0.29, 0.717) is 42.8 Å². The first-order valence-corrected chi connectivity index (χ1v) is 8.40. The van der Waals surface area contributed by atoms with Gasteiger partial charge < -0.3 is 19.7 Å². The number of ether oxygens (including phenoxy) is 2. The summed E-state index contributed by atoms with van der Waals surface area (Å²) in [7, 11) is 1.59. The number of anilines is 2.